The van der Waals surface area contributed by atoms with E-state index in [1.807, 2.05) is 0 Å². The first-order valence-electron chi connectivity index (χ1n) is 11.7. The molecular formula is C28H27N3O6. The molecule has 3 rings (SSSR count). The molecule has 0 aromatic carbocycles. The molecule has 0 spiro atoms. The minimum atomic E-state index is -0.510. The Balaban J connectivity index is 2.02. The molecule has 0 N–H and O–H groups in total. The predicted molar refractivity (Wildman–Crippen MR) is 138 cm³/mol. The molecule has 190 valence electrons. The summed E-state index contributed by atoms with van der Waals surface area (Å²) in [5.41, 5.74) is 3.49. The van der Waals surface area contributed by atoms with Crippen LogP contribution >= 0.6 is 0 Å². The number of ether oxygens (including phenoxy) is 3. The molecule has 3 heterocycles. The number of nitrogens with zero attached hydrogens (tertiary/aromatic N) is 3. The highest BCUT2D eigenvalue weighted by atomic mass is 16.5. The van der Waals surface area contributed by atoms with Gasteiger partial charge in [-0.05, 0) is 80.4 Å². The Morgan fingerprint density at radius 3 is 1.57 bits per heavy atom. The van der Waals surface area contributed by atoms with Crippen molar-refractivity contribution < 1.29 is 28.6 Å². The zero-order valence-electron chi connectivity index (χ0n) is 20.8. The van der Waals surface area contributed by atoms with Gasteiger partial charge in [0.1, 0.15) is 0 Å². The van der Waals surface area contributed by atoms with E-state index in [2.05, 4.69) is 15.0 Å². The molecule has 0 aliphatic heterocycles. The van der Waals surface area contributed by atoms with Crippen molar-refractivity contribution in [1.82, 2.24) is 15.0 Å². The lowest BCUT2D eigenvalue weighted by Gasteiger charge is -2.09. The van der Waals surface area contributed by atoms with Crippen molar-refractivity contribution in [2.24, 2.45) is 0 Å². The van der Waals surface area contributed by atoms with Gasteiger partial charge in [0.25, 0.3) is 0 Å². The first kappa shape index (κ1) is 26.9. The molecule has 0 bridgehead atoms. The van der Waals surface area contributed by atoms with E-state index < -0.39 is 17.9 Å². The molecular weight excluding hydrogens is 474 g/mol. The molecule has 9 nitrogen and oxygen atoms in total. The van der Waals surface area contributed by atoms with Crippen LogP contribution in [0.4, 0.5) is 0 Å². The van der Waals surface area contributed by atoms with Crippen LogP contribution in [0.15, 0.2) is 60.9 Å². The highest BCUT2D eigenvalue weighted by molar-refractivity contribution is 5.92. The lowest BCUT2D eigenvalue weighted by Crippen LogP contribution is -2.06. The zero-order valence-corrected chi connectivity index (χ0v) is 20.8. The minimum absolute atomic E-state index is 0.213. The number of esters is 3. The van der Waals surface area contributed by atoms with Gasteiger partial charge in [-0.25, -0.2) is 19.4 Å². The molecule has 0 aliphatic rings. The maximum atomic E-state index is 12.6. The van der Waals surface area contributed by atoms with Crippen molar-refractivity contribution in [3.63, 3.8) is 0 Å². The Labute approximate surface area is 214 Å². The van der Waals surface area contributed by atoms with Gasteiger partial charge in [0, 0.05) is 24.5 Å². The third-order valence-electron chi connectivity index (χ3n) is 4.83. The van der Waals surface area contributed by atoms with Crippen molar-refractivity contribution in [2.45, 2.75) is 20.8 Å². The zero-order chi connectivity index (χ0) is 26.6. The molecule has 0 unspecified atom stereocenters. The van der Waals surface area contributed by atoms with Crippen LogP contribution in [0.2, 0.25) is 0 Å². The van der Waals surface area contributed by atoms with E-state index in [4.69, 9.17) is 14.2 Å². The summed E-state index contributed by atoms with van der Waals surface area (Å²) in [5.74, 6) is -1.41. The summed E-state index contributed by atoms with van der Waals surface area (Å²) in [6.07, 6.45) is 9.04. The molecule has 3 aromatic rings. The van der Waals surface area contributed by atoms with Crippen LogP contribution in [0.3, 0.4) is 0 Å². The SMILES string of the molecule is CCOC(=O)/C=C/c1ccnc(-c2cc(C(=O)OCC)cc(-c3cc(/C=C/C(=O)OCC)ccn3)n2)c1. The number of hydrogen-bond acceptors (Lipinski definition) is 9. The van der Waals surface area contributed by atoms with Gasteiger partial charge in [-0.3, -0.25) is 9.97 Å². The van der Waals surface area contributed by atoms with Crippen molar-refractivity contribution in [2.75, 3.05) is 19.8 Å². The fourth-order valence-corrected chi connectivity index (χ4v) is 3.22. The molecule has 37 heavy (non-hydrogen) atoms. The summed E-state index contributed by atoms with van der Waals surface area (Å²) < 4.78 is 15.0. The minimum Gasteiger partial charge on any atom is -0.463 e. The molecule has 0 saturated carbocycles. The van der Waals surface area contributed by atoms with Gasteiger partial charge in [0.2, 0.25) is 0 Å². The van der Waals surface area contributed by atoms with Crippen LogP contribution < -0.4 is 0 Å². The number of hydrogen-bond donors (Lipinski definition) is 0. The topological polar surface area (TPSA) is 118 Å². The fraction of sp³-hybridized carbons (Fsp3) is 0.214. The van der Waals surface area contributed by atoms with Crippen molar-refractivity contribution >= 4 is 30.1 Å². The first-order chi connectivity index (χ1) is 17.9. The second-order valence-corrected chi connectivity index (χ2v) is 7.47. The standard InChI is InChI=1S/C28H27N3O6/c1-4-35-26(32)9-7-19-11-13-29-22(15-19)24-17-21(28(34)37-6-3)18-25(31-24)23-16-20(12-14-30-23)8-10-27(33)36-5-2/h7-18H,4-6H2,1-3H3/b9-7+,10-8+. The molecule has 0 amide bonds. The van der Waals surface area contributed by atoms with Crippen LogP contribution in [-0.2, 0) is 23.8 Å². The van der Waals surface area contributed by atoms with E-state index in [1.54, 1.807) is 81.7 Å². The van der Waals surface area contributed by atoms with Gasteiger partial charge < -0.3 is 14.2 Å². The Kier molecular flexibility index (Phi) is 9.78. The second-order valence-electron chi connectivity index (χ2n) is 7.47. The van der Waals surface area contributed by atoms with E-state index in [-0.39, 0.29) is 25.4 Å². The number of pyridine rings is 3. The summed E-state index contributed by atoms with van der Waals surface area (Å²) in [5, 5.41) is 0. The normalized spacial score (nSPS) is 11.0. The van der Waals surface area contributed by atoms with Crippen LogP contribution in [-0.4, -0.2) is 52.7 Å². The van der Waals surface area contributed by atoms with E-state index in [0.717, 1.165) is 0 Å². The van der Waals surface area contributed by atoms with Gasteiger partial charge in [0.15, 0.2) is 0 Å². The Morgan fingerprint density at radius 2 is 1.14 bits per heavy atom. The Hall–Kier alpha value is -4.66. The summed E-state index contributed by atoms with van der Waals surface area (Å²) in [7, 11) is 0. The summed E-state index contributed by atoms with van der Waals surface area (Å²) in [6, 6.07) is 10.1. The van der Waals surface area contributed by atoms with Gasteiger partial charge in [-0.15, -0.1) is 0 Å². The first-order valence-corrected chi connectivity index (χ1v) is 11.7. The summed E-state index contributed by atoms with van der Waals surface area (Å²) >= 11 is 0. The van der Waals surface area contributed by atoms with Crippen LogP contribution in [0.1, 0.15) is 42.3 Å². The number of aromatic nitrogens is 3. The smallest absolute Gasteiger partial charge is 0.338 e. The Bertz CT molecular complexity index is 1240. The highest BCUT2D eigenvalue weighted by Gasteiger charge is 2.15. The summed E-state index contributed by atoms with van der Waals surface area (Å²) in [4.78, 5) is 49.4. The monoisotopic (exact) mass is 501 g/mol. The van der Waals surface area contributed by atoms with Gasteiger partial charge in [-0.1, -0.05) is 0 Å². The maximum Gasteiger partial charge on any atom is 0.338 e. The van der Waals surface area contributed by atoms with Gasteiger partial charge in [0.05, 0.1) is 48.2 Å². The number of carbonyl (C=O) groups is 3. The average Bonchev–Trinajstić information content (AvgIpc) is 2.91. The molecule has 9 heteroatoms. The fourth-order valence-electron chi connectivity index (χ4n) is 3.22. The molecule has 0 atom stereocenters. The lowest BCUT2D eigenvalue weighted by atomic mass is 10.1. The molecule has 0 saturated heterocycles. The average molecular weight is 502 g/mol. The lowest BCUT2D eigenvalue weighted by molar-refractivity contribution is -0.138. The van der Waals surface area contributed by atoms with Crippen LogP contribution in [0.5, 0.6) is 0 Å². The van der Waals surface area contributed by atoms with E-state index in [0.29, 0.717) is 33.9 Å². The highest BCUT2D eigenvalue weighted by Crippen LogP contribution is 2.25. The predicted octanol–water partition coefficient (Wildman–Crippen LogP) is 4.53. The molecule has 0 aliphatic carbocycles. The Morgan fingerprint density at radius 1 is 0.676 bits per heavy atom. The number of rotatable bonds is 10. The molecule has 3 aromatic heterocycles. The van der Waals surface area contributed by atoms with Crippen LogP contribution in [0, 0.1) is 0 Å². The second kappa shape index (κ2) is 13.4. The number of carbonyl (C=O) groups excluding carboxylic acids is 3. The summed E-state index contributed by atoms with van der Waals surface area (Å²) in [6.45, 7) is 5.97. The van der Waals surface area contributed by atoms with E-state index in [1.165, 1.54) is 12.2 Å². The quantitative estimate of drug-likeness (QED) is 0.224. The van der Waals surface area contributed by atoms with E-state index >= 15 is 0 Å². The van der Waals surface area contributed by atoms with Crippen molar-refractivity contribution in [3.05, 3.63) is 77.6 Å². The largest absolute Gasteiger partial charge is 0.463 e. The van der Waals surface area contributed by atoms with Crippen LogP contribution in [0.25, 0.3) is 34.9 Å². The van der Waals surface area contributed by atoms with Crippen molar-refractivity contribution in [3.8, 4) is 22.8 Å². The van der Waals surface area contributed by atoms with E-state index in [9.17, 15) is 14.4 Å². The third kappa shape index (κ3) is 7.93. The van der Waals surface area contributed by atoms with Gasteiger partial charge >= 0.3 is 17.9 Å². The molecule has 0 radical (unpaired) electrons. The molecule has 0 fully saturated rings. The van der Waals surface area contributed by atoms with Crippen molar-refractivity contribution in [1.29, 1.82) is 0 Å². The van der Waals surface area contributed by atoms with Gasteiger partial charge in [-0.2, -0.15) is 0 Å². The maximum absolute atomic E-state index is 12.6. The third-order valence-corrected chi connectivity index (χ3v) is 4.83.